The lowest BCUT2D eigenvalue weighted by Gasteiger charge is -2.33. The summed E-state index contributed by atoms with van der Waals surface area (Å²) >= 11 is 0. The average Bonchev–Trinajstić information content (AvgIpc) is 2.67. The molecule has 0 spiro atoms. The Labute approximate surface area is 158 Å². The highest BCUT2D eigenvalue weighted by atomic mass is 16.5. The highest BCUT2D eigenvalue weighted by Gasteiger charge is 2.21. The Bertz CT molecular complexity index is 765. The zero-order valence-corrected chi connectivity index (χ0v) is 15.1. The quantitative estimate of drug-likeness (QED) is 0.724. The monoisotopic (exact) mass is 368 g/mol. The van der Waals surface area contributed by atoms with Crippen LogP contribution in [0.1, 0.15) is 15.9 Å². The van der Waals surface area contributed by atoms with Crippen LogP contribution in [0.5, 0.6) is 0 Å². The van der Waals surface area contributed by atoms with E-state index in [0.717, 1.165) is 19.6 Å². The minimum atomic E-state index is -0.637. The molecule has 3 amide bonds. The number of amides is 3. The normalized spacial score (nSPS) is 17.3. The van der Waals surface area contributed by atoms with Crippen LogP contribution in [-0.2, 0) is 11.3 Å². The molecule has 1 atom stereocenters. The van der Waals surface area contributed by atoms with Gasteiger partial charge in [-0.1, -0.05) is 30.3 Å². The van der Waals surface area contributed by atoms with E-state index in [1.165, 1.54) is 5.56 Å². The van der Waals surface area contributed by atoms with Crippen molar-refractivity contribution in [3.8, 4) is 0 Å². The second kappa shape index (κ2) is 9.16. The van der Waals surface area contributed by atoms with E-state index >= 15 is 0 Å². The van der Waals surface area contributed by atoms with E-state index in [-0.39, 0.29) is 12.0 Å². The number of ether oxygens (including phenoxy) is 1. The fourth-order valence-electron chi connectivity index (χ4n) is 3.04. The molecule has 142 valence electrons. The number of nitrogens with zero attached hydrogens (tertiary/aromatic N) is 1. The van der Waals surface area contributed by atoms with Gasteiger partial charge in [0, 0.05) is 37.4 Å². The minimum Gasteiger partial charge on any atom is -0.374 e. The fourth-order valence-corrected chi connectivity index (χ4v) is 3.04. The van der Waals surface area contributed by atoms with E-state index in [4.69, 9.17) is 10.5 Å². The molecule has 1 aliphatic heterocycles. The zero-order chi connectivity index (χ0) is 19.1. The second-order valence-electron chi connectivity index (χ2n) is 6.49. The smallest absolute Gasteiger partial charge is 0.316 e. The van der Waals surface area contributed by atoms with Crippen molar-refractivity contribution in [2.75, 3.05) is 31.6 Å². The number of hydrogen-bond acceptors (Lipinski definition) is 4. The zero-order valence-electron chi connectivity index (χ0n) is 15.1. The molecule has 2 aromatic carbocycles. The summed E-state index contributed by atoms with van der Waals surface area (Å²) in [5.74, 6) is -0.176. The van der Waals surface area contributed by atoms with Gasteiger partial charge in [-0.15, -0.1) is 0 Å². The molecule has 1 aliphatic rings. The van der Waals surface area contributed by atoms with E-state index < -0.39 is 6.03 Å². The molecule has 1 heterocycles. The van der Waals surface area contributed by atoms with Crippen LogP contribution >= 0.6 is 0 Å². The number of carbonyl (C=O) groups is 2. The number of primary amides is 1. The number of benzene rings is 2. The number of urea groups is 1. The molecule has 7 heteroatoms. The summed E-state index contributed by atoms with van der Waals surface area (Å²) < 4.78 is 5.78. The standard InChI is InChI=1S/C20H24N4O3/c21-20(26)23-17-8-6-16(7-9-17)19(25)22-12-18-14-24(10-11-27-18)13-15-4-2-1-3-5-15/h1-9,18H,10-14H2,(H,22,25)(H3,21,23,26). The first kappa shape index (κ1) is 18.9. The molecule has 7 nitrogen and oxygen atoms in total. The number of anilines is 1. The second-order valence-corrected chi connectivity index (χ2v) is 6.49. The van der Waals surface area contributed by atoms with E-state index in [2.05, 4.69) is 27.7 Å². The molecular weight excluding hydrogens is 344 g/mol. The molecule has 1 saturated heterocycles. The summed E-state index contributed by atoms with van der Waals surface area (Å²) in [5.41, 5.74) is 7.40. The lowest BCUT2D eigenvalue weighted by atomic mass is 10.1. The van der Waals surface area contributed by atoms with E-state index in [9.17, 15) is 9.59 Å². The Hall–Kier alpha value is -2.90. The Balaban J connectivity index is 1.47. The molecule has 0 radical (unpaired) electrons. The Morgan fingerprint density at radius 3 is 2.56 bits per heavy atom. The van der Waals surface area contributed by atoms with Gasteiger partial charge in [-0.2, -0.15) is 0 Å². The Morgan fingerprint density at radius 1 is 1.11 bits per heavy atom. The first-order valence-electron chi connectivity index (χ1n) is 8.93. The van der Waals surface area contributed by atoms with Gasteiger partial charge < -0.3 is 21.1 Å². The third-order valence-electron chi connectivity index (χ3n) is 4.38. The number of rotatable bonds is 6. The van der Waals surface area contributed by atoms with Gasteiger partial charge in [0.25, 0.3) is 5.91 Å². The van der Waals surface area contributed by atoms with Gasteiger partial charge in [0.05, 0.1) is 12.7 Å². The molecule has 27 heavy (non-hydrogen) atoms. The largest absolute Gasteiger partial charge is 0.374 e. The summed E-state index contributed by atoms with van der Waals surface area (Å²) in [4.78, 5) is 25.5. The van der Waals surface area contributed by atoms with Gasteiger partial charge >= 0.3 is 6.03 Å². The first-order chi connectivity index (χ1) is 13.1. The minimum absolute atomic E-state index is 0.0396. The summed E-state index contributed by atoms with van der Waals surface area (Å²) in [6, 6.07) is 16.2. The molecule has 0 aromatic heterocycles. The third kappa shape index (κ3) is 5.80. The first-order valence-corrected chi connectivity index (χ1v) is 8.93. The van der Waals surface area contributed by atoms with Crippen molar-refractivity contribution < 1.29 is 14.3 Å². The molecule has 4 N–H and O–H groups in total. The van der Waals surface area contributed by atoms with Crippen molar-refractivity contribution in [3.05, 3.63) is 65.7 Å². The van der Waals surface area contributed by atoms with Gasteiger partial charge in [-0.05, 0) is 29.8 Å². The number of hydrogen-bond donors (Lipinski definition) is 3. The fraction of sp³-hybridized carbons (Fsp3) is 0.300. The SMILES string of the molecule is NC(=O)Nc1ccc(C(=O)NCC2CN(Cc3ccccc3)CCO2)cc1. The molecule has 1 unspecified atom stereocenters. The maximum Gasteiger partial charge on any atom is 0.316 e. The van der Waals surface area contributed by atoms with Gasteiger partial charge in [0.2, 0.25) is 0 Å². The summed E-state index contributed by atoms with van der Waals surface area (Å²) in [7, 11) is 0. The molecule has 0 saturated carbocycles. The van der Waals surface area contributed by atoms with Crippen molar-refractivity contribution in [2.45, 2.75) is 12.6 Å². The molecule has 0 bridgehead atoms. The van der Waals surface area contributed by atoms with Crippen molar-refractivity contribution in [3.63, 3.8) is 0 Å². The van der Waals surface area contributed by atoms with Crippen LogP contribution in [-0.4, -0.2) is 49.2 Å². The molecule has 2 aromatic rings. The number of nitrogens with one attached hydrogen (secondary N) is 2. The Kier molecular flexibility index (Phi) is 6.40. The maximum atomic E-state index is 12.3. The van der Waals surface area contributed by atoms with Crippen LogP contribution in [0.2, 0.25) is 0 Å². The Morgan fingerprint density at radius 2 is 1.85 bits per heavy atom. The van der Waals surface area contributed by atoms with E-state index in [1.54, 1.807) is 24.3 Å². The maximum absolute atomic E-state index is 12.3. The van der Waals surface area contributed by atoms with Crippen LogP contribution in [0.3, 0.4) is 0 Å². The summed E-state index contributed by atoms with van der Waals surface area (Å²) in [6.45, 7) is 3.64. The predicted octanol–water partition coefficient (Wildman–Crippen LogP) is 1.81. The highest BCUT2D eigenvalue weighted by Crippen LogP contribution is 2.11. The summed E-state index contributed by atoms with van der Waals surface area (Å²) in [6.07, 6.45) is -0.0396. The van der Waals surface area contributed by atoms with Gasteiger partial charge in [-0.3, -0.25) is 9.69 Å². The van der Waals surface area contributed by atoms with Crippen LogP contribution < -0.4 is 16.4 Å². The van der Waals surface area contributed by atoms with Gasteiger partial charge in [-0.25, -0.2) is 4.79 Å². The van der Waals surface area contributed by atoms with Crippen molar-refractivity contribution in [2.24, 2.45) is 5.73 Å². The lowest BCUT2D eigenvalue weighted by molar-refractivity contribution is -0.0292. The molecule has 0 aliphatic carbocycles. The number of morpholine rings is 1. The van der Waals surface area contributed by atoms with Crippen LogP contribution in [0.4, 0.5) is 10.5 Å². The number of carbonyl (C=O) groups excluding carboxylic acids is 2. The molecule has 3 rings (SSSR count). The van der Waals surface area contributed by atoms with Gasteiger partial charge in [0.15, 0.2) is 0 Å². The summed E-state index contributed by atoms with van der Waals surface area (Å²) in [5, 5.41) is 5.37. The molecular formula is C20H24N4O3. The van der Waals surface area contributed by atoms with Crippen molar-refractivity contribution in [1.82, 2.24) is 10.2 Å². The van der Waals surface area contributed by atoms with Crippen LogP contribution in [0.25, 0.3) is 0 Å². The van der Waals surface area contributed by atoms with Crippen LogP contribution in [0.15, 0.2) is 54.6 Å². The van der Waals surface area contributed by atoms with Gasteiger partial charge in [0.1, 0.15) is 0 Å². The predicted molar refractivity (Wildman–Crippen MR) is 103 cm³/mol. The van der Waals surface area contributed by atoms with Crippen molar-refractivity contribution in [1.29, 1.82) is 0 Å². The third-order valence-corrected chi connectivity index (χ3v) is 4.38. The highest BCUT2D eigenvalue weighted by molar-refractivity contribution is 5.95. The molecule has 1 fully saturated rings. The van der Waals surface area contributed by atoms with Crippen molar-refractivity contribution >= 4 is 17.6 Å². The van der Waals surface area contributed by atoms with E-state index in [0.29, 0.717) is 24.4 Å². The lowest BCUT2D eigenvalue weighted by Crippen LogP contribution is -2.47. The average molecular weight is 368 g/mol. The topological polar surface area (TPSA) is 96.7 Å². The van der Waals surface area contributed by atoms with Crippen LogP contribution in [0, 0.1) is 0 Å². The number of nitrogens with two attached hydrogens (primary N) is 1. The van der Waals surface area contributed by atoms with E-state index in [1.807, 2.05) is 18.2 Å².